The van der Waals surface area contributed by atoms with Gasteiger partial charge in [-0.1, -0.05) is 0 Å². The number of amides is 1. The fraction of sp³-hybridized carbons (Fsp3) is 0.417. The van der Waals surface area contributed by atoms with Gasteiger partial charge in [-0.25, -0.2) is 0 Å². The third-order valence-electron chi connectivity index (χ3n) is 2.14. The molecule has 0 aromatic carbocycles. The molecule has 0 spiro atoms. The van der Waals surface area contributed by atoms with Crippen LogP contribution in [0, 0.1) is 19.3 Å². The number of rotatable bonds is 5. The average Bonchev–Trinajstić information content (AvgIpc) is 2.64. The molecule has 15 heavy (non-hydrogen) atoms. The van der Waals surface area contributed by atoms with Crippen LogP contribution in [0.5, 0.6) is 0 Å². The molecule has 1 amide bonds. The van der Waals surface area contributed by atoms with Crippen molar-refractivity contribution in [2.24, 2.45) is 0 Å². The molecule has 1 aromatic heterocycles. The molecule has 0 unspecified atom stereocenters. The molecule has 1 aromatic rings. The van der Waals surface area contributed by atoms with Crippen molar-refractivity contribution in [2.45, 2.75) is 26.2 Å². The quantitative estimate of drug-likeness (QED) is 0.591. The average molecular weight is 205 g/mol. The van der Waals surface area contributed by atoms with Crippen LogP contribution in [0.15, 0.2) is 16.7 Å². The van der Waals surface area contributed by atoms with Crippen molar-refractivity contribution < 1.29 is 9.21 Å². The molecule has 0 aliphatic heterocycles. The third kappa shape index (κ3) is 3.51. The van der Waals surface area contributed by atoms with E-state index in [0.29, 0.717) is 17.9 Å². The molecule has 1 N–H and O–H groups in total. The molecule has 0 saturated carbocycles. The normalized spacial score (nSPS) is 9.60. The number of nitrogens with one attached hydrogen (secondary N) is 1. The van der Waals surface area contributed by atoms with E-state index >= 15 is 0 Å². The number of terminal acetylenes is 1. The van der Waals surface area contributed by atoms with Gasteiger partial charge in [0.1, 0.15) is 5.76 Å². The number of aryl methyl sites for hydroxylation is 1. The molecule has 1 heterocycles. The van der Waals surface area contributed by atoms with Crippen LogP contribution in [0.3, 0.4) is 0 Å². The maximum absolute atomic E-state index is 11.5. The predicted octanol–water partition coefficient (Wildman–Crippen LogP) is 2.12. The molecule has 3 heteroatoms. The lowest BCUT2D eigenvalue weighted by Crippen LogP contribution is -2.24. The van der Waals surface area contributed by atoms with Crippen molar-refractivity contribution in [3.05, 3.63) is 23.7 Å². The van der Waals surface area contributed by atoms with Crippen LogP contribution in [0.2, 0.25) is 0 Å². The van der Waals surface area contributed by atoms with Crippen molar-refractivity contribution in [2.75, 3.05) is 6.54 Å². The lowest BCUT2D eigenvalue weighted by molar-refractivity contribution is 0.0951. The monoisotopic (exact) mass is 205 g/mol. The first kappa shape index (κ1) is 11.4. The lowest BCUT2D eigenvalue weighted by Gasteiger charge is -2.02. The van der Waals surface area contributed by atoms with Crippen molar-refractivity contribution in [3.8, 4) is 12.3 Å². The molecule has 0 aliphatic carbocycles. The fourth-order valence-corrected chi connectivity index (χ4v) is 1.27. The molecular weight excluding hydrogens is 190 g/mol. The maximum Gasteiger partial charge on any atom is 0.254 e. The second kappa shape index (κ2) is 5.92. The smallest absolute Gasteiger partial charge is 0.254 e. The molecule has 0 fully saturated rings. The standard InChI is InChI=1S/C12H15NO2/c1-3-4-5-6-8-13-12(14)11-7-9-15-10(11)2/h1,7,9H,4-6,8H2,2H3,(H,13,14). The Kier molecular flexibility index (Phi) is 4.49. The summed E-state index contributed by atoms with van der Waals surface area (Å²) >= 11 is 0. The summed E-state index contributed by atoms with van der Waals surface area (Å²) in [5.74, 6) is 3.13. The van der Waals surface area contributed by atoms with Crippen LogP contribution in [0.25, 0.3) is 0 Å². The minimum atomic E-state index is -0.0815. The predicted molar refractivity (Wildman–Crippen MR) is 58.5 cm³/mol. The Bertz CT molecular complexity index is 360. The zero-order chi connectivity index (χ0) is 11.1. The molecule has 0 aliphatic rings. The maximum atomic E-state index is 11.5. The number of furan rings is 1. The highest BCUT2D eigenvalue weighted by atomic mass is 16.3. The van der Waals surface area contributed by atoms with Gasteiger partial charge in [-0.15, -0.1) is 12.3 Å². The first-order valence-corrected chi connectivity index (χ1v) is 5.01. The summed E-state index contributed by atoms with van der Waals surface area (Å²) < 4.78 is 5.04. The number of carbonyl (C=O) groups excluding carboxylic acids is 1. The molecular formula is C12H15NO2. The summed E-state index contributed by atoms with van der Waals surface area (Å²) in [5.41, 5.74) is 0.604. The van der Waals surface area contributed by atoms with E-state index in [0.717, 1.165) is 19.3 Å². The van der Waals surface area contributed by atoms with E-state index in [-0.39, 0.29) is 5.91 Å². The van der Waals surface area contributed by atoms with E-state index < -0.39 is 0 Å². The van der Waals surface area contributed by atoms with E-state index in [9.17, 15) is 4.79 Å². The van der Waals surface area contributed by atoms with E-state index in [4.69, 9.17) is 10.8 Å². The molecule has 3 nitrogen and oxygen atoms in total. The first-order valence-electron chi connectivity index (χ1n) is 5.01. The van der Waals surface area contributed by atoms with Gasteiger partial charge < -0.3 is 9.73 Å². The van der Waals surface area contributed by atoms with E-state index in [2.05, 4.69) is 11.2 Å². The van der Waals surface area contributed by atoms with Gasteiger partial charge in [0.15, 0.2) is 0 Å². The summed E-state index contributed by atoms with van der Waals surface area (Å²) in [4.78, 5) is 11.5. The van der Waals surface area contributed by atoms with Crippen molar-refractivity contribution >= 4 is 5.91 Å². The lowest BCUT2D eigenvalue weighted by atomic mass is 10.2. The molecule has 0 radical (unpaired) electrons. The largest absolute Gasteiger partial charge is 0.469 e. The Morgan fingerprint density at radius 1 is 1.60 bits per heavy atom. The Morgan fingerprint density at radius 2 is 2.40 bits per heavy atom. The number of hydrogen-bond acceptors (Lipinski definition) is 2. The SMILES string of the molecule is C#CCCCCNC(=O)c1ccoc1C. The fourth-order valence-electron chi connectivity index (χ4n) is 1.27. The topological polar surface area (TPSA) is 42.2 Å². The number of carbonyl (C=O) groups is 1. The van der Waals surface area contributed by atoms with Crippen LogP contribution in [0.1, 0.15) is 35.4 Å². The Hall–Kier alpha value is -1.69. The Labute approximate surface area is 89.9 Å². The second-order valence-corrected chi connectivity index (χ2v) is 3.31. The van der Waals surface area contributed by atoms with Gasteiger partial charge in [0.25, 0.3) is 5.91 Å². The molecule has 0 saturated heterocycles. The van der Waals surface area contributed by atoms with Crippen LogP contribution in [-0.2, 0) is 0 Å². The number of unbranched alkanes of at least 4 members (excludes halogenated alkanes) is 2. The summed E-state index contributed by atoms with van der Waals surface area (Å²) in [7, 11) is 0. The summed E-state index contributed by atoms with van der Waals surface area (Å²) in [6, 6.07) is 1.67. The zero-order valence-corrected chi connectivity index (χ0v) is 8.88. The molecule has 1 rings (SSSR count). The highest BCUT2D eigenvalue weighted by Crippen LogP contribution is 2.07. The highest BCUT2D eigenvalue weighted by molar-refractivity contribution is 5.94. The van der Waals surface area contributed by atoms with E-state index in [1.165, 1.54) is 6.26 Å². The van der Waals surface area contributed by atoms with E-state index in [1.54, 1.807) is 13.0 Å². The van der Waals surface area contributed by atoms with Crippen molar-refractivity contribution in [3.63, 3.8) is 0 Å². The Balaban J connectivity index is 2.26. The van der Waals surface area contributed by atoms with Gasteiger partial charge in [0.2, 0.25) is 0 Å². The van der Waals surface area contributed by atoms with E-state index in [1.807, 2.05) is 0 Å². The van der Waals surface area contributed by atoms with Gasteiger partial charge in [-0.3, -0.25) is 4.79 Å². The summed E-state index contributed by atoms with van der Waals surface area (Å²) in [6.07, 6.45) is 9.25. The Morgan fingerprint density at radius 3 is 3.00 bits per heavy atom. The van der Waals surface area contributed by atoms with Gasteiger partial charge >= 0.3 is 0 Å². The third-order valence-corrected chi connectivity index (χ3v) is 2.14. The van der Waals surface area contributed by atoms with Gasteiger partial charge in [0, 0.05) is 13.0 Å². The van der Waals surface area contributed by atoms with Crippen LogP contribution in [-0.4, -0.2) is 12.5 Å². The zero-order valence-electron chi connectivity index (χ0n) is 8.88. The van der Waals surface area contributed by atoms with Crippen molar-refractivity contribution in [1.82, 2.24) is 5.32 Å². The highest BCUT2D eigenvalue weighted by Gasteiger charge is 2.09. The van der Waals surface area contributed by atoms with Crippen LogP contribution < -0.4 is 5.32 Å². The summed E-state index contributed by atoms with van der Waals surface area (Å²) in [6.45, 7) is 2.43. The van der Waals surface area contributed by atoms with Gasteiger partial charge in [0.05, 0.1) is 11.8 Å². The molecule has 80 valence electrons. The summed E-state index contributed by atoms with van der Waals surface area (Å²) in [5, 5.41) is 2.82. The second-order valence-electron chi connectivity index (χ2n) is 3.31. The first-order chi connectivity index (χ1) is 7.25. The minimum absolute atomic E-state index is 0.0815. The van der Waals surface area contributed by atoms with Crippen LogP contribution in [0.4, 0.5) is 0 Å². The van der Waals surface area contributed by atoms with Crippen molar-refractivity contribution in [1.29, 1.82) is 0 Å². The van der Waals surface area contributed by atoms with Gasteiger partial charge in [-0.2, -0.15) is 0 Å². The minimum Gasteiger partial charge on any atom is -0.469 e. The van der Waals surface area contributed by atoms with Crippen LogP contribution >= 0.6 is 0 Å². The molecule has 0 bridgehead atoms. The number of hydrogen-bond donors (Lipinski definition) is 1. The van der Waals surface area contributed by atoms with Gasteiger partial charge in [-0.05, 0) is 25.8 Å². The molecule has 0 atom stereocenters.